The zero-order valence-corrected chi connectivity index (χ0v) is 31.4. The third kappa shape index (κ3) is 3.91. The summed E-state index contributed by atoms with van der Waals surface area (Å²) in [6, 6.07) is 22.6. The van der Waals surface area contributed by atoms with Crippen molar-refractivity contribution in [2.45, 2.75) is 104 Å². The largest absolute Gasteiger partial charge is 0.327 e. The summed E-state index contributed by atoms with van der Waals surface area (Å²) in [4.78, 5) is 20.7. The van der Waals surface area contributed by atoms with Gasteiger partial charge in [-0.1, -0.05) is 105 Å². The molecule has 6 nitrogen and oxygen atoms in total. The van der Waals surface area contributed by atoms with Gasteiger partial charge in [-0.3, -0.25) is 4.40 Å². The van der Waals surface area contributed by atoms with E-state index in [4.69, 9.17) is 19.9 Å². The Morgan fingerprint density at radius 3 is 2.10 bits per heavy atom. The van der Waals surface area contributed by atoms with E-state index < -0.39 is 0 Å². The number of hydrogen-bond acceptors (Lipinski definition) is 4. The topological polar surface area (TPSA) is 60.9 Å². The molecule has 1 atom stereocenters. The maximum Gasteiger partial charge on any atom is 0.198 e. The minimum atomic E-state index is -0.0839. The molecule has 0 saturated carbocycles. The van der Waals surface area contributed by atoms with E-state index in [1.54, 1.807) is 0 Å². The van der Waals surface area contributed by atoms with Crippen LogP contribution in [0.1, 0.15) is 102 Å². The summed E-state index contributed by atoms with van der Waals surface area (Å²) >= 11 is 0. The van der Waals surface area contributed by atoms with Crippen LogP contribution in [0.4, 0.5) is 0 Å². The summed E-state index contributed by atoms with van der Waals surface area (Å²) in [7, 11) is 2.16. The summed E-state index contributed by atoms with van der Waals surface area (Å²) in [5.74, 6) is 1.03. The molecule has 0 amide bonds. The molecule has 6 heteroatoms. The number of imidazole rings is 2. The molecule has 7 aromatic rings. The molecule has 1 unspecified atom stereocenters. The molecule has 2 aliphatic rings. The van der Waals surface area contributed by atoms with Crippen LogP contribution in [0, 0.1) is 12.3 Å². The number of pyridine rings is 1. The Kier molecular flexibility index (Phi) is 6.03. The van der Waals surface area contributed by atoms with Gasteiger partial charge in [-0.15, -0.1) is 0 Å². The second-order valence-corrected chi connectivity index (χ2v) is 18.0. The highest BCUT2D eigenvalue weighted by atomic mass is 15.1. The first-order valence-corrected chi connectivity index (χ1v) is 18.1. The van der Waals surface area contributed by atoms with Gasteiger partial charge in [-0.05, 0) is 81.8 Å². The fourth-order valence-electron chi connectivity index (χ4n) is 10.2. The molecule has 0 saturated heterocycles. The first-order valence-electron chi connectivity index (χ1n) is 18.1. The number of aryl methyl sites for hydroxylation is 2. The van der Waals surface area contributed by atoms with Crippen LogP contribution >= 0.6 is 0 Å². The normalized spacial score (nSPS) is 21.4. The molecule has 4 aromatic heterocycles. The summed E-state index contributed by atoms with van der Waals surface area (Å²) in [5, 5.41) is 2.33. The fourth-order valence-corrected chi connectivity index (χ4v) is 10.2. The van der Waals surface area contributed by atoms with Crippen molar-refractivity contribution in [1.29, 1.82) is 0 Å². The summed E-state index contributed by atoms with van der Waals surface area (Å²) in [6.45, 7) is 23.6. The average Bonchev–Trinajstić information content (AvgIpc) is 3.67. The van der Waals surface area contributed by atoms with Crippen LogP contribution in [0.15, 0.2) is 66.9 Å². The number of fused-ring (bicyclic) bond motifs is 8. The van der Waals surface area contributed by atoms with Gasteiger partial charge >= 0.3 is 0 Å². The van der Waals surface area contributed by atoms with Gasteiger partial charge in [-0.2, -0.15) is 0 Å². The Balaban J connectivity index is 1.11. The van der Waals surface area contributed by atoms with E-state index in [1.807, 2.05) is 0 Å². The fraction of sp³-hybridized carbons (Fsp3) is 0.409. The van der Waals surface area contributed by atoms with Crippen LogP contribution in [0.25, 0.3) is 50.1 Å². The number of aromatic nitrogens is 6. The predicted octanol–water partition coefficient (Wildman–Crippen LogP) is 10.1. The van der Waals surface area contributed by atoms with Crippen molar-refractivity contribution in [1.82, 2.24) is 28.9 Å². The summed E-state index contributed by atoms with van der Waals surface area (Å²) in [5.41, 5.74) is 13.4. The quantitative estimate of drug-likeness (QED) is 0.189. The van der Waals surface area contributed by atoms with E-state index in [9.17, 15) is 0 Å². The van der Waals surface area contributed by atoms with Gasteiger partial charge in [0.05, 0.1) is 22.4 Å². The summed E-state index contributed by atoms with van der Waals surface area (Å²) < 4.78 is 4.41. The molecule has 0 spiro atoms. The third-order valence-electron chi connectivity index (χ3n) is 13.5. The molecule has 3 aromatic carbocycles. The lowest BCUT2D eigenvalue weighted by Gasteiger charge is -2.48. The van der Waals surface area contributed by atoms with E-state index in [1.165, 1.54) is 38.7 Å². The highest BCUT2D eigenvalue weighted by molar-refractivity contribution is 5.97. The van der Waals surface area contributed by atoms with Gasteiger partial charge in [0.1, 0.15) is 11.5 Å². The number of nitrogens with zero attached hydrogens (tertiary/aromatic N) is 6. The van der Waals surface area contributed by atoms with Crippen molar-refractivity contribution in [2.75, 3.05) is 0 Å². The van der Waals surface area contributed by atoms with Crippen molar-refractivity contribution < 1.29 is 0 Å². The number of hydrogen-bond donors (Lipinski definition) is 0. The molecule has 0 radical (unpaired) electrons. The molecule has 0 aliphatic heterocycles. The van der Waals surface area contributed by atoms with Gasteiger partial charge in [0, 0.05) is 35.0 Å². The van der Waals surface area contributed by atoms with Crippen LogP contribution in [-0.2, 0) is 35.1 Å². The third-order valence-corrected chi connectivity index (χ3v) is 13.5. The Bertz CT molecular complexity index is 2590. The molecule has 9 rings (SSSR count). The number of benzene rings is 3. The molecule has 50 heavy (non-hydrogen) atoms. The van der Waals surface area contributed by atoms with Crippen molar-refractivity contribution in [2.24, 2.45) is 12.5 Å². The molecular formula is C44H48N6. The molecular weight excluding hydrogens is 613 g/mol. The Morgan fingerprint density at radius 1 is 0.700 bits per heavy atom. The van der Waals surface area contributed by atoms with Gasteiger partial charge in [0.15, 0.2) is 11.3 Å². The molecule has 4 heterocycles. The maximum atomic E-state index is 5.22. The molecule has 0 bridgehead atoms. The van der Waals surface area contributed by atoms with E-state index in [-0.39, 0.29) is 27.1 Å². The van der Waals surface area contributed by atoms with Crippen molar-refractivity contribution in [3.8, 4) is 11.4 Å². The lowest BCUT2D eigenvalue weighted by molar-refractivity contribution is 0.0997. The van der Waals surface area contributed by atoms with E-state index in [0.717, 1.165) is 57.9 Å². The van der Waals surface area contributed by atoms with E-state index >= 15 is 0 Å². The van der Waals surface area contributed by atoms with Crippen LogP contribution in [-0.4, -0.2) is 28.9 Å². The van der Waals surface area contributed by atoms with Gasteiger partial charge in [0.2, 0.25) is 0 Å². The van der Waals surface area contributed by atoms with Crippen LogP contribution in [0.3, 0.4) is 0 Å². The lowest BCUT2D eigenvalue weighted by atomic mass is 9.55. The monoisotopic (exact) mass is 660 g/mol. The second kappa shape index (κ2) is 9.60. The molecule has 0 fully saturated rings. The Hall–Kier alpha value is -4.58. The van der Waals surface area contributed by atoms with Crippen molar-refractivity contribution in [3.05, 3.63) is 101 Å². The Labute approximate surface area is 295 Å². The van der Waals surface area contributed by atoms with Crippen molar-refractivity contribution in [3.63, 3.8) is 0 Å². The highest BCUT2D eigenvalue weighted by Gasteiger charge is 2.59. The minimum absolute atomic E-state index is 0.0129. The molecule has 2 aliphatic carbocycles. The number of rotatable bonds is 3. The second-order valence-electron chi connectivity index (χ2n) is 18.0. The van der Waals surface area contributed by atoms with Crippen LogP contribution < -0.4 is 0 Å². The molecule has 0 N–H and O–H groups in total. The zero-order chi connectivity index (χ0) is 35.3. The molecule has 254 valence electrons. The minimum Gasteiger partial charge on any atom is -0.327 e. The lowest BCUT2D eigenvalue weighted by Crippen LogP contribution is -2.46. The average molecular weight is 661 g/mol. The SMILES string of the molecule is Cc1ccccc1-c1nc2cc3c(cc2n1C)C(C)(C)C(C)(Cc1ccc2c(ccn4c5nc6c(nc5nc24)C(C)(C)CC6(C)C)c1)C3(C)C. The smallest absolute Gasteiger partial charge is 0.198 e. The van der Waals surface area contributed by atoms with E-state index in [2.05, 4.69) is 152 Å². The first-order chi connectivity index (χ1) is 23.4. The highest BCUT2D eigenvalue weighted by Crippen LogP contribution is 2.63. The van der Waals surface area contributed by atoms with Gasteiger partial charge in [-0.25, -0.2) is 19.9 Å². The summed E-state index contributed by atoms with van der Waals surface area (Å²) in [6.07, 6.45) is 4.13. The Morgan fingerprint density at radius 2 is 1.38 bits per heavy atom. The first kappa shape index (κ1) is 31.4. The van der Waals surface area contributed by atoms with E-state index in [0.29, 0.717) is 0 Å². The predicted molar refractivity (Wildman–Crippen MR) is 205 cm³/mol. The maximum absolute atomic E-state index is 5.22. The van der Waals surface area contributed by atoms with Gasteiger partial charge < -0.3 is 4.57 Å². The van der Waals surface area contributed by atoms with Crippen molar-refractivity contribution >= 4 is 38.7 Å². The zero-order valence-electron chi connectivity index (χ0n) is 31.4. The van der Waals surface area contributed by atoms with Crippen LogP contribution in [0.5, 0.6) is 0 Å². The van der Waals surface area contributed by atoms with Crippen LogP contribution in [0.2, 0.25) is 0 Å². The van der Waals surface area contributed by atoms with Gasteiger partial charge in [0.25, 0.3) is 0 Å². The standard InChI is InChI=1S/C44H48N6/c1-25-14-12-13-15-28(25)37-45-32-21-30-31(22-33(32)49(37)11)43(8,9)44(10,42(30,6)7)23-26-16-17-29-27(20-26)18-19-50-38(29)48-36-39(50)47-35-34(46-36)40(2,3)24-41(35,4)5/h12-22H,23-24H2,1-11H3.